The molecule has 8 heteroatoms. The van der Waals surface area contributed by atoms with Gasteiger partial charge in [-0.15, -0.1) is 11.3 Å². The number of carbonyl (C=O) groups is 2. The van der Waals surface area contributed by atoms with E-state index in [0.29, 0.717) is 37.6 Å². The van der Waals surface area contributed by atoms with Gasteiger partial charge in [-0.3, -0.25) is 9.59 Å². The highest BCUT2D eigenvalue weighted by Crippen LogP contribution is 2.40. The lowest BCUT2D eigenvalue weighted by Gasteiger charge is -2.06. The van der Waals surface area contributed by atoms with Gasteiger partial charge in [-0.2, -0.15) is 0 Å². The summed E-state index contributed by atoms with van der Waals surface area (Å²) in [6.45, 7) is 0. The largest absolute Gasteiger partial charge is 0.497 e. The van der Waals surface area contributed by atoms with E-state index in [-0.39, 0.29) is 22.3 Å². The second kappa shape index (κ2) is 8.56. The van der Waals surface area contributed by atoms with E-state index in [1.165, 1.54) is 11.3 Å². The molecule has 2 aromatic heterocycles. The van der Waals surface area contributed by atoms with Crippen LogP contribution in [-0.4, -0.2) is 18.8 Å². The zero-order valence-corrected chi connectivity index (χ0v) is 19.5. The van der Waals surface area contributed by atoms with Crippen molar-refractivity contribution in [1.29, 1.82) is 0 Å². The number of hydrogen-bond acceptors (Lipinski definition) is 5. The highest BCUT2D eigenvalue weighted by Gasteiger charge is 2.26. The highest BCUT2D eigenvalue weighted by atomic mass is 35.5. The van der Waals surface area contributed by atoms with Gasteiger partial charge in [0, 0.05) is 21.0 Å². The second-order valence-electron chi connectivity index (χ2n) is 7.17. The van der Waals surface area contributed by atoms with Crippen LogP contribution in [-0.2, 0) is 0 Å². The predicted molar refractivity (Wildman–Crippen MR) is 132 cm³/mol. The molecule has 33 heavy (non-hydrogen) atoms. The van der Waals surface area contributed by atoms with Gasteiger partial charge in [0.15, 0.2) is 5.76 Å². The van der Waals surface area contributed by atoms with Gasteiger partial charge in [0.05, 0.1) is 22.8 Å². The van der Waals surface area contributed by atoms with E-state index in [0.717, 1.165) is 4.70 Å². The predicted octanol–water partition coefficient (Wildman–Crippen LogP) is 7.45. The Balaban J connectivity index is 1.58. The van der Waals surface area contributed by atoms with Gasteiger partial charge < -0.3 is 14.5 Å². The number of thiophene rings is 1. The third-order valence-electron chi connectivity index (χ3n) is 5.20. The Kier molecular flexibility index (Phi) is 5.58. The molecule has 0 atom stereocenters. The number of ketones is 1. The molecular weight excluding hydrogens is 481 g/mol. The van der Waals surface area contributed by atoms with Crippen LogP contribution in [0, 0.1) is 0 Å². The molecule has 0 saturated carbocycles. The van der Waals surface area contributed by atoms with Gasteiger partial charge in [0.1, 0.15) is 16.2 Å². The molecule has 0 aliphatic carbocycles. The summed E-state index contributed by atoms with van der Waals surface area (Å²) in [5.74, 6) is -0.157. The Morgan fingerprint density at radius 2 is 1.73 bits per heavy atom. The number of fused-ring (bicyclic) bond motifs is 2. The lowest BCUT2D eigenvalue weighted by molar-refractivity contribution is 0.101. The average Bonchev–Trinajstić information content (AvgIpc) is 3.37. The molecule has 3 aromatic carbocycles. The number of halogens is 2. The standard InChI is InChI=1S/C25H15Cl2NO4S/c1-31-14-11-9-13(10-12-14)22(29)23-21(15-5-2-3-7-17(15)32-23)28-25(30)24-20(27)19-16(26)6-4-8-18(19)33-24/h2-12H,1H3,(H,28,30). The third kappa shape index (κ3) is 3.76. The molecule has 5 rings (SSSR count). The van der Waals surface area contributed by atoms with Crippen LogP contribution in [0.25, 0.3) is 21.1 Å². The molecule has 0 fully saturated rings. The average molecular weight is 496 g/mol. The summed E-state index contributed by atoms with van der Waals surface area (Å²) in [5, 5.41) is 4.83. The van der Waals surface area contributed by atoms with Crippen molar-refractivity contribution >= 4 is 73.0 Å². The van der Waals surface area contributed by atoms with Crippen LogP contribution in [0.2, 0.25) is 10.0 Å². The zero-order chi connectivity index (χ0) is 23.1. The van der Waals surface area contributed by atoms with Crippen LogP contribution in [0.5, 0.6) is 5.75 Å². The first-order valence-corrected chi connectivity index (χ1v) is 11.4. The summed E-state index contributed by atoms with van der Waals surface area (Å²) in [4.78, 5) is 26.8. The van der Waals surface area contributed by atoms with Crippen molar-refractivity contribution in [2.24, 2.45) is 0 Å². The van der Waals surface area contributed by atoms with E-state index in [2.05, 4.69) is 5.32 Å². The Morgan fingerprint density at radius 1 is 0.970 bits per heavy atom. The minimum Gasteiger partial charge on any atom is -0.497 e. The van der Waals surface area contributed by atoms with Crippen LogP contribution in [0.15, 0.2) is 71.1 Å². The van der Waals surface area contributed by atoms with Crippen LogP contribution in [0.4, 0.5) is 5.69 Å². The van der Waals surface area contributed by atoms with E-state index < -0.39 is 5.91 Å². The fourth-order valence-corrected chi connectivity index (χ4v) is 5.44. The Labute approximate surface area is 202 Å². The van der Waals surface area contributed by atoms with E-state index >= 15 is 0 Å². The molecule has 5 aromatic rings. The molecule has 0 spiro atoms. The maximum Gasteiger partial charge on any atom is 0.267 e. The first kappa shape index (κ1) is 21.5. The zero-order valence-electron chi connectivity index (χ0n) is 17.1. The second-order valence-corrected chi connectivity index (χ2v) is 9.01. The van der Waals surface area contributed by atoms with Crippen LogP contribution >= 0.6 is 34.5 Å². The van der Waals surface area contributed by atoms with Crippen molar-refractivity contribution < 1.29 is 18.7 Å². The number of benzene rings is 3. The summed E-state index contributed by atoms with van der Waals surface area (Å²) < 4.78 is 11.8. The molecule has 0 unspecified atom stereocenters. The number of para-hydroxylation sites is 1. The van der Waals surface area contributed by atoms with Crippen molar-refractivity contribution in [2.45, 2.75) is 0 Å². The summed E-state index contributed by atoms with van der Waals surface area (Å²) in [6.07, 6.45) is 0. The van der Waals surface area contributed by atoms with E-state index in [1.54, 1.807) is 67.8 Å². The summed E-state index contributed by atoms with van der Waals surface area (Å²) in [7, 11) is 1.55. The lowest BCUT2D eigenvalue weighted by atomic mass is 10.1. The van der Waals surface area contributed by atoms with Crippen molar-refractivity contribution in [1.82, 2.24) is 0 Å². The fourth-order valence-electron chi connectivity index (χ4n) is 3.59. The monoisotopic (exact) mass is 495 g/mol. The molecule has 0 aliphatic rings. The number of carbonyl (C=O) groups excluding carboxylic acids is 2. The number of amides is 1. The maximum atomic E-state index is 13.3. The molecule has 5 nitrogen and oxygen atoms in total. The van der Waals surface area contributed by atoms with Crippen molar-refractivity contribution in [3.8, 4) is 5.75 Å². The van der Waals surface area contributed by atoms with Gasteiger partial charge in [-0.25, -0.2) is 0 Å². The van der Waals surface area contributed by atoms with E-state index in [4.69, 9.17) is 32.4 Å². The normalized spacial score (nSPS) is 11.1. The third-order valence-corrected chi connectivity index (χ3v) is 7.16. The topological polar surface area (TPSA) is 68.5 Å². The Morgan fingerprint density at radius 3 is 2.45 bits per heavy atom. The molecule has 1 N–H and O–H groups in total. The van der Waals surface area contributed by atoms with Gasteiger partial charge in [-0.05, 0) is 48.5 Å². The smallest absolute Gasteiger partial charge is 0.267 e. The van der Waals surface area contributed by atoms with Crippen molar-refractivity contribution in [3.63, 3.8) is 0 Å². The number of rotatable bonds is 5. The SMILES string of the molecule is COc1ccc(C(=O)c2oc3ccccc3c2NC(=O)c2sc3cccc(Cl)c3c2Cl)cc1. The first-order chi connectivity index (χ1) is 16.0. The highest BCUT2D eigenvalue weighted by molar-refractivity contribution is 7.21. The maximum absolute atomic E-state index is 13.3. The number of methoxy groups -OCH3 is 1. The van der Waals surface area contributed by atoms with Gasteiger partial charge in [0.25, 0.3) is 5.91 Å². The quantitative estimate of drug-likeness (QED) is 0.257. The molecular formula is C25H15Cl2NO4S. The van der Waals surface area contributed by atoms with Crippen LogP contribution < -0.4 is 10.1 Å². The fraction of sp³-hybridized carbons (Fsp3) is 0.0400. The minimum atomic E-state index is -0.451. The number of anilines is 1. The van der Waals surface area contributed by atoms with Crippen LogP contribution in [0.1, 0.15) is 25.8 Å². The molecule has 0 aliphatic heterocycles. The van der Waals surface area contributed by atoms with E-state index in [1.807, 2.05) is 6.07 Å². The number of hydrogen-bond donors (Lipinski definition) is 1. The number of ether oxygens (including phenoxy) is 1. The number of nitrogens with one attached hydrogen (secondary N) is 1. The van der Waals surface area contributed by atoms with E-state index in [9.17, 15) is 9.59 Å². The summed E-state index contributed by atoms with van der Waals surface area (Å²) in [6, 6.07) is 19.2. The summed E-state index contributed by atoms with van der Waals surface area (Å²) >= 11 is 14.0. The van der Waals surface area contributed by atoms with Crippen molar-refractivity contribution in [3.05, 3.63) is 93.0 Å². The molecule has 164 valence electrons. The summed E-state index contributed by atoms with van der Waals surface area (Å²) in [5.41, 5.74) is 1.17. The molecule has 0 radical (unpaired) electrons. The molecule has 0 bridgehead atoms. The van der Waals surface area contributed by atoms with Crippen molar-refractivity contribution in [2.75, 3.05) is 12.4 Å². The first-order valence-electron chi connectivity index (χ1n) is 9.86. The van der Waals surface area contributed by atoms with Gasteiger partial charge >= 0.3 is 0 Å². The van der Waals surface area contributed by atoms with Gasteiger partial charge in [0.2, 0.25) is 5.78 Å². The molecule has 0 saturated heterocycles. The molecule has 1 amide bonds. The Hall–Kier alpha value is -3.32. The number of furan rings is 1. The van der Waals surface area contributed by atoms with Gasteiger partial charge in [-0.1, -0.05) is 41.4 Å². The minimum absolute atomic E-state index is 0.0324. The lowest BCUT2D eigenvalue weighted by Crippen LogP contribution is -2.13. The Bertz CT molecular complexity index is 1540. The van der Waals surface area contributed by atoms with Crippen LogP contribution in [0.3, 0.4) is 0 Å². The molecule has 2 heterocycles.